The number of rotatable bonds is 5. The van der Waals surface area contributed by atoms with Crippen LogP contribution in [0.1, 0.15) is 15.9 Å². The largest absolute Gasteiger partial charge is 0.394 e. The summed E-state index contributed by atoms with van der Waals surface area (Å²) in [5, 5.41) is 3.91. The van der Waals surface area contributed by atoms with Crippen molar-refractivity contribution in [1.82, 2.24) is 9.97 Å². The molecule has 0 unspecified atom stereocenters. The summed E-state index contributed by atoms with van der Waals surface area (Å²) >= 11 is 7.33. The van der Waals surface area contributed by atoms with Crippen LogP contribution in [-0.2, 0) is 5.75 Å². The highest BCUT2D eigenvalue weighted by molar-refractivity contribution is 7.98. The molecule has 0 radical (unpaired) electrons. The minimum atomic E-state index is -0.305. The van der Waals surface area contributed by atoms with Gasteiger partial charge in [0.1, 0.15) is 17.0 Å². The van der Waals surface area contributed by atoms with Crippen molar-refractivity contribution >= 4 is 40.8 Å². The van der Waals surface area contributed by atoms with E-state index in [1.54, 1.807) is 24.3 Å². The van der Waals surface area contributed by atoms with Gasteiger partial charge in [-0.2, -0.15) is 0 Å². The Bertz CT molecular complexity index is 872. The fraction of sp³-hybridized carbons (Fsp3) is 0.0556. The van der Waals surface area contributed by atoms with E-state index in [9.17, 15) is 4.79 Å². The van der Waals surface area contributed by atoms with Crippen molar-refractivity contribution in [3.8, 4) is 0 Å². The highest BCUT2D eigenvalue weighted by Gasteiger charge is 2.13. The standard InChI is InChI=1S/C18H15ClN4OS/c19-14-8-6-13(7-9-14)17(24)23-16-15(20)18(22-11-21-16)25-10-12-4-2-1-3-5-12/h1-9,11H,10,20H2,(H,21,22,23,24). The van der Waals surface area contributed by atoms with Gasteiger partial charge in [0.2, 0.25) is 0 Å². The van der Waals surface area contributed by atoms with Crippen LogP contribution in [0.25, 0.3) is 0 Å². The van der Waals surface area contributed by atoms with Gasteiger partial charge in [-0.3, -0.25) is 4.79 Å². The van der Waals surface area contributed by atoms with Gasteiger partial charge in [0.05, 0.1) is 0 Å². The summed E-state index contributed by atoms with van der Waals surface area (Å²) in [6.45, 7) is 0. The lowest BCUT2D eigenvalue weighted by molar-refractivity contribution is 0.102. The second kappa shape index (κ2) is 8.00. The number of benzene rings is 2. The van der Waals surface area contributed by atoms with Gasteiger partial charge in [-0.15, -0.1) is 0 Å². The number of hydrogen-bond donors (Lipinski definition) is 2. The SMILES string of the molecule is Nc1c(NC(=O)c2ccc(Cl)cc2)ncnc1SCc1ccccc1. The molecular formula is C18H15ClN4OS. The van der Waals surface area contributed by atoms with Crippen molar-refractivity contribution in [2.45, 2.75) is 10.8 Å². The zero-order valence-electron chi connectivity index (χ0n) is 13.1. The number of nitrogens with two attached hydrogens (primary N) is 1. The van der Waals surface area contributed by atoms with Gasteiger partial charge < -0.3 is 11.1 Å². The molecule has 0 saturated heterocycles. The van der Waals surface area contributed by atoms with Crippen molar-refractivity contribution in [2.75, 3.05) is 11.1 Å². The lowest BCUT2D eigenvalue weighted by atomic mass is 10.2. The lowest BCUT2D eigenvalue weighted by Gasteiger charge is -2.10. The molecule has 25 heavy (non-hydrogen) atoms. The van der Waals surface area contributed by atoms with E-state index in [0.717, 1.165) is 11.3 Å². The van der Waals surface area contributed by atoms with E-state index in [1.165, 1.54) is 18.1 Å². The second-order valence-electron chi connectivity index (χ2n) is 5.18. The average Bonchev–Trinajstić information content (AvgIpc) is 2.64. The van der Waals surface area contributed by atoms with Crippen molar-refractivity contribution in [3.63, 3.8) is 0 Å². The molecule has 0 bridgehead atoms. The number of nitrogen functional groups attached to an aromatic ring is 1. The van der Waals surface area contributed by atoms with Crippen LogP contribution in [0, 0.1) is 0 Å². The maximum absolute atomic E-state index is 12.3. The molecule has 1 heterocycles. The molecule has 7 heteroatoms. The Morgan fingerprint density at radius 2 is 1.80 bits per heavy atom. The molecule has 0 saturated carbocycles. The van der Waals surface area contributed by atoms with Crippen LogP contribution in [0.15, 0.2) is 66.0 Å². The zero-order chi connectivity index (χ0) is 17.6. The topological polar surface area (TPSA) is 80.9 Å². The fourth-order valence-electron chi connectivity index (χ4n) is 2.10. The average molecular weight is 371 g/mol. The normalized spacial score (nSPS) is 10.4. The molecule has 1 amide bonds. The zero-order valence-corrected chi connectivity index (χ0v) is 14.7. The Hall–Kier alpha value is -2.57. The number of amides is 1. The van der Waals surface area contributed by atoms with E-state index in [0.29, 0.717) is 27.1 Å². The van der Waals surface area contributed by atoms with Crippen LogP contribution >= 0.6 is 23.4 Å². The maximum atomic E-state index is 12.3. The van der Waals surface area contributed by atoms with Gasteiger partial charge >= 0.3 is 0 Å². The van der Waals surface area contributed by atoms with E-state index in [4.69, 9.17) is 17.3 Å². The molecule has 0 aliphatic heterocycles. The van der Waals surface area contributed by atoms with E-state index in [2.05, 4.69) is 15.3 Å². The Morgan fingerprint density at radius 3 is 2.52 bits per heavy atom. The molecule has 0 spiro atoms. The summed E-state index contributed by atoms with van der Waals surface area (Å²) in [6, 6.07) is 16.6. The number of carbonyl (C=O) groups is 1. The number of carbonyl (C=O) groups excluding carboxylic acids is 1. The quantitative estimate of drug-likeness (QED) is 0.518. The number of thioether (sulfide) groups is 1. The molecular weight excluding hydrogens is 356 g/mol. The second-order valence-corrected chi connectivity index (χ2v) is 6.58. The number of aromatic nitrogens is 2. The summed E-state index contributed by atoms with van der Waals surface area (Å²) in [5.41, 5.74) is 8.11. The molecule has 3 rings (SSSR count). The first-order chi connectivity index (χ1) is 12.1. The lowest BCUT2D eigenvalue weighted by Crippen LogP contribution is -2.15. The Labute approximate surface area is 154 Å². The summed E-state index contributed by atoms with van der Waals surface area (Å²) in [4.78, 5) is 20.6. The molecule has 0 aliphatic carbocycles. The third-order valence-electron chi connectivity index (χ3n) is 3.40. The molecule has 1 aromatic heterocycles. The molecule has 2 aromatic carbocycles. The van der Waals surface area contributed by atoms with Crippen LogP contribution in [0.4, 0.5) is 11.5 Å². The van der Waals surface area contributed by atoms with E-state index < -0.39 is 0 Å². The van der Waals surface area contributed by atoms with Crippen molar-refractivity contribution in [1.29, 1.82) is 0 Å². The molecule has 3 N–H and O–H groups in total. The summed E-state index contributed by atoms with van der Waals surface area (Å²) in [5.74, 6) is 0.721. The number of hydrogen-bond acceptors (Lipinski definition) is 5. The summed E-state index contributed by atoms with van der Waals surface area (Å²) in [7, 11) is 0. The number of nitrogens with zero attached hydrogens (tertiary/aromatic N) is 2. The van der Waals surface area contributed by atoms with Crippen LogP contribution in [0.3, 0.4) is 0 Å². The monoisotopic (exact) mass is 370 g/mol. The van der Waals surface area contributed by atoms with Gasteiger partial charge in [0.25, 0.3) is 5.91 Å². The molecule has 3 aromatic rings. The summed E-state index contributed by atoms with van der Waals surface area (Å²) in [6.07, 6.45) is 1.39. The summed E-state index contributed by atoms with van der Waals surface area (Å²) < 4.78 is 0. The third kappa shape index (κ3) is 4.49. The van der Waals surface area contributed by atoms with Crippen LogP contribution in [0.2, 0.25) is 5.02 Å². The molecule has 0 atom stereocenters. The number of halogens is 1. The minimum Gasteiger partial charge on any atom is -0.394 e. The first-order valence-electron chi connectivity index (χ1n) is 7.47. The highest BCUT2D eigenvalue weighted by Crippen LogP contribution is 2.29. The van der Waals surface area contributed by atoms with Crippen molar-refractivity contribution in [3.05, 3.63) is 77.1 Å². The smallest absolute Gasteiger partial charge is 0.256 e. The van der Waals surface area contributed by atoms with Gasteiger partial charge in [0, 0.05) is 16.3 Å². The van der Waals surface area contributed by atoms with Crippen LogP contribution in [-0.4, -0.2) is 15.9 Å². The molecule has 0 fully saturated rings. The molecule has 0 aliphatic rings. The first-order valence-corrected chi connectivity index (χ1v) is 8.84. The first kappa shape index (κ1) is 17.3. The third-order valence-corrected chi connectivity index (χ3v) is 4.73. The predicted molar refractivity (Wildman–Crippen MR) is 102 cm³/mol. The van der Waals surface area contributed by atoms with Crippen molar-refractivity contribution in [2.24, 2.45) is 0 Å². The predicted octanol–water partition coefficient (Wildman–Crippen LogP) is 4.26. The highest BCUT2D eigenvalue weighted by atomic mass is 35.5. The Kier molecular flexibility index (Phi) is 5.53. The van der Waals surface area contributed by atoms with Crippen molar-refractivity contribution < 1.29 is 4.79 Å². The Morgan fingerprint density at radius 1 is 1.08 bits per heavy atom. The maximum Gasteiger partial charge on any atom is 0.256 e. The van der Waals surface area contributed by atoms with Gasteiger partial charge in [0.15, 0.2) is 5.82 Å². The number of anilines is 2. The van der Waals surface area contributed by atoms with E-state index in [-0.39, 0.29) is 5.91 Å². The van der Waals surface area contributed by atoms with E-state index >= 15 is 0 Å². The fourth-order valence-corrected chi connectivity index (χ4v) is 3.10. The molecule has 126 valence electrons. The minimum absolute atomic E-state index is 0.297. The van der Waals surface area contributed by atoms with Gasteiger partial charge in [-0.25, -0.2) is 9.97 Å². The van der Waals surface area contributed by atoms with Gasteiger partial charge in [-0.1, -0.05) is 53.7 Å². The van der Waals surface area contributed by atoms with Gasteiger partial charge in [-0.05, 0) is 29.8 Å². The van der Waals surface area contributed by atoms with E-state index in [1.807, 2.05) is 30.3 Å². The molecule has 5 nitrogen and oxygen atoms in total. The number of nitrogens with one attached hydrogen (secondary N) is 1. The Balaban J connectivity index is 1.72. The van der Waals surface area contributed by atoms with Crippen LogP contribution < -0.4 is 11.1 Å². The van der Waals surface area contributed by atoms with Crippen LogP contribution in [0.5, 0.6) is 0 Å².